The molecule has 0 bridgehead atoms. The van der Waals surface area contributed by atoms with Crippen LogP contribution in [0.15, 0.2) is 224 Å². The van der Waals surface area contributed by atoms with Crippen LogP contribution in [0.4, 0.5) is 17.1 Å². The summed E-state index contributed by atoms with van der Waals surface area (Å²) in [5, 5.41) is 7.65. The van der Waals surface area contributed by atoms with Crippen LogP contribution < -0.4 is 4.90 Å². The Bertz CT molecular complexity index is 3280. The number of thiophene rings is 1. The van der Waals surface area contributed by atoms with E-state index >= 15 is 0 Å². The van der Waals surface area contributed by atoms with E-state index in [-0.39, 0.29) is 0 Å². The molecule has 272 valence electrons. The molecule has 0 radical (unpaired) electrons. The van der Waals surface area contributed by atoms with Crippen molar-refractivity contribution in [3.05, 3.63) is 224 Å². The van der Waals surface area contributed by atoms with Gasteiger partial charge in [-0.25, -0.2) is 0 Å². The lowest BCUT2D eigenvalue weighted by Crippen LogP contribution is -2.11. The fourth-order valence-electron chi connectivity index (χ4n) is 8.55. The van der Waals surface area contributed by atoms with Crippen molar-refractivity contribution in [2.45, 2.75) is 0 Å². The average Bonchev–Trinajstić information content (AvgIpc) is 3.67. The fraction of sp³-hybridized carbons (Fsp3) is 0. The minimum absolute atomic E-state index is 1.10. The van der Waals surface area contributed by atoms with Crippen molar-refractivity contribution in [2.24, 2.45) is 0 Å². The molecular weight excluding hydrogens is 719 g/mol. The quantitative estimate of drug-likeness (QED) is 0.157. The van der Waals surface area contributed by atoms with Gasteiger partial charge in [-0.1, -0.05) is 176 Å². The lowest BCUT2D eigenvalue weighted by molar-refractivity contribution is 1.28. The molecule has 0 saturated carbocycles. The largest absolute Gasteiger partial charge is 0.310 e. The molecule has 0 amide bonds. The molecular formula is C56H37NS. The van der Waals surface area contributed by atoms with Crippen molar-refractivity contribution in [2.75, 3.05) is 4.90 Å². The highest BCUT2D eigenvalue weighted by Gasteiger charge is 2.19. The third-order valence-electron chi connectivity index (χ3n) is 11.5. The Balaban J connectivity index is 1.01. The molecule has 0 spiro atoms. The van der Waals surface area contributed by atoms with E-state index in [2.05, 4.69) is 229 Å². The SMILES string of the molecule is c1cc(-c2ccc3ccccc3c2)cc(N(c2ccc(-c3ccc(-c4cccc5ccccc45)cc3)cc2)c2ccccc2-c2ccc3c(c2)sc2ccccc23)c1. The van der Waals surface area contributed by atoms with Gasteiger partial charge < -0.3 is 4.90 Å². The lowest BCUT2D eigenvalue weighted by atomic mass is 9.96. The maximum absolute atomic E-state index is 2.42. The minimum Gasteiger partial charge on any atom is -0.310 e. The number of para-hydroxylation sites is 1. The van der Waals surface area contributed by atoms with Gasteiger partial charge in [-0.2, -0.15) is 0 Å². The second-order valence-electron chi connectivity index (χ2n) is 14.9. The summed E-state index contributed by atoms with van der Waals surface area (Å²) in [6.07, 6.45) is 0. The topological polar surface area (TPSA) is 3.24 Å². The Kier molecular flexibility index (Phi) is 8.42. The standard InChI is InChI=1S/C56H37NS/c1-2-13-43-35-45(28-25-38(43)11-1)44-15-9-16-48(36-44)57(54-21-7-5-18-51(54)46-31-34-53-52-19-6-8-22-55(52)58-56(53)37-46)47-32-29-40(30-33-47)39-23-26-42(27-24-39)50-20-10-14-41-12-3-4-17-49(41)50/h1-37H. The summed E-state index contributed by atoms with van der Waals surface area (Å²) in [6.45, 7) is 0. The van der Waals surface area contributed by atoms with E-state index in [4.69, 9.17) is 0 Å². The van der Waals surface area contributed by atoms with E-state index in [1.807, 2.05) is 11.3 Å². The zero-order valence-corrected chi connectivity index (χ0v) is 32.5. The Morgan fingerprint density at radius 1 is 0.276 bits per heavy atom. The molecule has 11 rings (SSSR count). The van der Waals surface area contributed by atoms with Crippen LogP contribution in [0.5, 0.6) is 0 Å². The molecule has 0 aliphatic heterocycles. The van der Waals surface area contributed by atoms with Crippen molar-refractivity contribution < 1.29 is 0 Å². The molecule has 58 heavy (non-hydrogen) atoms. The Hall–Kier alpha value is -7.26. The molecule has 0 aliphatic rings. The molecule has 1 heterocycles. The van der Waals surface area contributed by atoms with Crippen molar-refractivity contribution in [3.63, 3.8) is 0 Å². The summed E-state index contributed by atoms with van der Waals surface area (Å²) >= 11 is 1.86. The molecule has 0 fully saturated rings. The maximum Gasteiger partial charge on any atom is 0.0540 e. The maximum atomic E-state index is 2.42. The zero-order valence-electron chi connectivity index (χ0n) is 31.7. The number of hydrogen-bond donors (Lipinski definition) is 0. The number of nitrogens with zero attached hydrogens (tertiary/aromatic N) is 1. The third-order valence-corrected chi connectivity index (χ3v) is 12.6. The summed E-state index contributed by atoms with van der Waals surface area (Å²) in [6, 6.07) is 82.0. The van der Waals surface area contributed by atoms with E-state index in [1.165, 1.54) is 86.2 Å². The van der Waals surface area contributed by atoms with Crippen LogP contribution in [-0.4, -0.2) is 0 Å². The Labute approximate surface area is 342 Å². The number of anilines is 3. The normalized spacial score (nSPS) is 11.4. The van der Waals surface area contributed by atoms with Crippen LogP contribution in [0.25, 0.3) is 86.2 Å². The monoisotopic (exact) mass is 755 g/mol. The van der Waals surface area contributed by atoms with Crippen LogP contribution in [0.1, 0.15) is 0 Å². The first-order valence-corrected chi connectivity index (χ1v) is 20.6. The molecule has 0 saturated heterocycles. The number of hydrogen-bond acceptors (Lipinski definition) is 2. The molecule has 0 unspecified atom stereocenters. The van der Waals surface area contributed by atoms with E-state index in [1.54, 1.807) is 0 Å². The highest BCUT2D eigenvalue weighted by molar-refractivity contribution is 7.25. The van der Waals surface area contributed by atoms with Gasteiger partial charge in [-0.15, -0.1) is 11.3 Å². The van der Waals surface area contributed by atoms with Gasteiger partial charge in [0.15, 0.2) is 0 Å². The number of benzene rings is 10. The van der Waals surface area contributed by atoms with E-state index < -0.39 is 0 Å². The molecule has 1 aromatic heterocycles. The van der Waals surface area contributed by atoms with Gasteiger partial charge in [0.25, 0.3) is 0 Å². The van der Waals surface area contributed by atoms with Crippen molar-refractivity contribution in [1.82, 2.24) is 0 Å². The molecule has 10 aromatic carbocycles. The van der Waals surface area contributed by atoms with Gasteiger partial charge in [-0.05, 0) is 109 Å². The predicted octanol–water partition coefficient (Wildman–Crippen LogP) is 16.5. The first-order chi connectivity index (χ1) is 28.7. The summed E-state index contributed by atoms with van der Waals surface area (Å²) in [4.78, 5) is 2.42. The highest BCUT2D eigenvalue weighted by atomic mass is 32.1. The summed E-state index contributed by atoms with van der Waals surface area (Å²) in [5.74, 6) is 0. The second-order valence-corrected chi connectivity index (χ2v) is 16.0. The molecule has 2 heteroatoms. The summed E-state index contributed by atoms with van der Waals surface area (Å²) in [7, 11) is 0. The fourth-order valence-corrected chi connectivity index (χ4v) is 9.69. The first kappa shape index (κ1) is 34.0. The smallest absolute Gasteiger partial charge is 0.0540 e. The minimum atomic E-state index is 1.10. The predicted molar refractivity (Wildman–Crippen MR) is 251 cm³/mol. The average molecular weight is 756 g/mol. The van der Waals surface area contributed by atoms with Crippen LogP contribution in [0.3, 0.4) is 0 Å². The molecule has 0 atom stereocenters. The Morgan fingerprint density at radius 3 is 1.72 bits per heavy atom. The van der Waals surface area contributed by atoms with Gasteiger partial charge in [0.05, 0.1) is 5.69 Å². The van der Waals surface area contributed by atoms with Crippen LogP contribution in [0, 0.1) is 0 Å². The van der Waals surface area contributed by atoms with E-state index in [9.17, 15) is 0 Å². The number of fused-ring (bicyclic) bond motifs is 5. The van der Waals surface area contributed by atoms with Crippen molar-refractivity contribution in [3.8, 4) is 44.5 Å². The third kappa shape index (κ3) is 6.12. The van der Waals surface area contributed by atoms with E-state index in [0.717, 1.165) is 17.1 Å². The lowest BCUT2D eigenvalue weighted by Gasteiger charge is -2.28. The zero-order chi connectivity index (χ0) is 38.4. The van der Waals surface area contributed by atoms with Crippen LogP contribution >= 0.6 is 11.3 Å². The van der Waals surface area contributed by atoms with Crippen LogP contribution in [-0.2, 0) is 0 Å². The van der Waals surface area contributed by atoms with Crippen molar-refractivity contribution in [1.29, 1.82) is 0 Å². The highest BCUT2D eigenvalue weighted by Crippen LogP contribution is 2.44. The van der Waals surface area contributed by atoms with Gasteiger partial charge in [0.1, 0.15) is 0 Å². The summed E-state index contributed by atoms with van der Waals surface area (Å²) in [5.41, 5.74) is 13.0. The van der Waals surface area contributed by atoms with Crippen molar-refractivity contribution >= 4 is 70.1 Å². The summed E-state index contributed by atoms with van der Waals surface area (Å²) < 4.78 is 2.62. The molecule has 1 nitrogen and oxygen atoms in total. The van der Waals surface area contributed by atoms with Gasteiger partial charge >= 0.3 is 0 Å². The van der Waals surface area contributed by atoms with Gasteiger partial charge in [0.2, 0.25) is 0 Å². The molecule has 0 aliphatic carbocycles. The van der Waals surface area contributed by atoms with Gasteiger partial charge in [0, 0.05) is 37.1 Å². The van der Waals surface area contributed by atoms with E-state index in [0.29, 0.717) is 0 Å². The Morgan fingerprint density at radius 2 is 0.862 bits per heavy atom. The molecule has 11 aromatic rings. The van der Waals surface area contributed by atoms with Crippen LogP contribution in [0.2, 0.25) is 0 Å². The number of rotatable bonds is 7. The second kappa shape index (κ2) is 14.4. The molecule has 0 N–H and O–H groups in total. The first-order valence-electron chi connectivity index (χ1n) is 19.8. The van der Waals surface area contributed by atoms with Gasteiger partial charge in [-0.3, -0.25) is 0 Å².